The molecule has 1 heterocycles. The molecular formula is C22H30BrN5. The van der Waals surface area contributed by atoms with Crippen molar-refractivity contribution in [3.63, 3.8) is 0 Å². The number of anilines is 1. The topological polar surface area (TPSA) is 42.9 Å². The maximum absolute atomic E-state index is 4.41. The number of nitrogens with one attached hydrogen (secondary N) is 2. The molecule has 28 heavy (non-hydrogen) atoms. The van der Waals surface area contributed by atoms with E-state index in [1.165, 1.54) is 16.8 Å². The molecule has 2 aromatic rings. The van der Waals surface area contributed by atoms with Gasteiger partial charge in [0.2, 0.25) is 0 Å². The second-order valence-corrected chi connectivity index (χ2v) is 8.37. The van der Waals surface area contributed by atoms with E-state index in [0.29, 0.717) is 6.04 Å². The van der Waals surface area contributed by atoms with E-state index in [9.17, 15) is 0 Å². The lowest BCUT2D eigenvalue weighted by atomic mass is 10.1. The first-order chi connectivity index (χ1) is 13.5. The predicted molar refractivity (Wildman–Crippen MR) is 122 cm³/mol. The molecule has 1 fully saturated rings. The summed E-state index contributed by atoms with van der Waals surface area (Å²) in [4.78, 5) is 9.01. The molecule has 0 aromatic heterocycles. The number of hydrogen-bond acceptors (Lipinski definition) is 3. The van der Waals surface area contributed by atoms with Crippen LogP contribution in [0.5, 0.6) is 0 Å². The van der Waals surface area contributed by atoms with Crippen molar-refractivity contribution in [3.05, 3.63) is 64.1 Å². The van der Waals surface area contributed by atoms with Gasteiger partial charge in [0.1, 0.15) is 0 Å². The molecule has 5 nitrogen and oxygen atoms in total. The van der Waals surface area contributed by atoms with E-state index < -0.39 is 0 Å². The fourth-order valence-corrected chi connectivity index (χ4v) is 4.12. The number of nitrogens with zero attached hydrogens (tertiary/aromatic N) is 3. The molecule has 3 rings (SSSR count). The third kappa shape index (κ3) is 5.72. The molecule has 2 aromatic carbocycles. The molecular weight excluding hydrogens is 414 g/mol. The molecule has 2 N–H and O–H groups in total. The number of para-hydroxylation sites is 1. The fraction of sp³-hybridized carbons (Fsp3) is 0.409. The van der Waals surface area contributed by atoms with Gasteiger partial charge in [0, 0.05) is 43.7 Å². The SMILES string of the molecule is CN=C(NCc1cccc(CN(C)C)c1)NC1CCN(c2ccccc2Br)C1. The highest BCUT2D eigenvalue weighted by atomic mass is 79.9. The average Bonchev–Trinajstić information content (AvgIpc) is 3.13. The summed E-state index contributed by atoms with van der Waals surface area (Å²) in [5.41, 5.74) is 3.85. The van der Waals surface area contributed by atoms with Crippen LogP contribution in [0.1, 0.15) is 17.5 Å². The number of rotatable bonds is 6. The van der Waals surface area contributed by atoms with Crippen LogP contribution < -0.4 is 15.5 Å². The molecule has 1 atom stereocenters. The molecule has 1 unspecified atom stereocenters. The minimum Gasteiger partial charge on any atom is -0.368 e. The third-order valence-electron chi connectivity index (χ3n) is 4.90. The summed E-state index contributed by atoms with van der Waals surface area (Å²) in [6, 6.07) is 17.5. The minimum absolute atomic E-state index is 0.387. The Hall–Kier alpha value is -2.05. The van der Waals surface area contributed by atoms with E-state index in [1.54, 1.807) is 0 Å². The van der Waals surface area contributed by atoms with E-state index in [1.807, 2.05) is 7.05 Å². The van der Waals surface area contributed by atoms with Crippen LogP contribution in [0.3, 0.4) is 0 Å². The standard InChI is InChI=1S/C22H30BrN5/c1-24-22(25-14-17-7-6-8-18(13-17)15-27(2)3)26-19-11-12-28(16-19)21-10-5-4-9-20(21)23/h4-10,13,19H,11-12,14-16H2,1-3H3,(H2,24,25,26). The monoisotopic (exact) mass is 443 g/mol. The fourth-order valence-electron chi connectivity index (χ4n) is 3.58. The lowest BCUT2D eigenvalue weighted by Crippen LogP contribution is -2.44. The largest absolute Gasteiger partial charge is 0.368 e. The first-order valence-electron chi connectivity index (χ1n) is 9.74. The van der Waals surface area contributed by atoms with Gasteiger partial charge < -0.3 is 20.4 Å². The highest BCUT2D eigenvalue weighted by molar-refractivity contribution is 9.10. The summed E-state index contributed by atoms with van der Waals surface area (Å²) >= 11 is 3.66. The molecule has 0 spiro atoms. The summed E-state index contributed by atoms with van der Waals surface area (Å²) in [5.74, 6) is 0.858. The van der Waals surface area contributed by atoms with Gasteiger partial charge in [-0.2, -0.15) is 0 Å². The summed E-state index contributed by atoms with van der Waals surface area (Å²) in [6.45, 7) is 3.74. The van der Waals surface area contributed by atoms with Gasteiger partial charge in [0.05, 0.1) is 5.69 Å². The zero-order valence-electron chi connectivity index (χ0n) is 17.0. The van der Waals surface area contributed by atoms with Gasteiger partial charge >= 0.3 is 0 Å². The van der Waals surface area contributed by atoms with E-state index in [-0.39, 0.29) is 0 Å². The zero-order chi connectivity index (χ0) is 19.9. The van der Waals surface area contributed by atoms with Crippen LogP contribution in [-0.2, 0) is 13.1 Å². The molecule has 150 valence electrons. The van der Waals surface area contributed by atoms with Gasteiger partial charge in [-0.3, -0.25) is 4.99 Å². The van der Waals surface area contributed by atoms with Crippen LogP contribution >= 0.6 is 15.9 Å². The van der Waals surface area contributed by atoms with Gasteiger partial charge in [-0.1, -0.05) is 36.4 Å². The maximum atomic E-state index is 4.41. The van der Waals surface area contributed by atoms with Gasteiger partial charge in [-0.05, 0) is 59.7 Å². The van der Waals surface area contributed by atoms with Crippen molar-refractivity contribution in [2.24, 2.45) is 4.99 Å². The number of benzene rings is 2. The molecule has 1 aliphatic rings. The Morgan fingerprint density at radius 1 is 1.18 bits per heavy atom. The normalized spacial score (nSPS) is 17.2. The second-order valence-electron chi connectivity index (χ2n) is 7.51. The number of guanidine groups is 1. The maximum Gasteiger partial charge on any atom is 0.191 e. The Bertz CT molecular complexity index is 805. The molecule has 1 saturated heterocycles. The highest BCUT2D eigenvalue weighted by Crippen LogP contribution is 2.28. The quantitative estimate of drug-likeness (QED) is 0.529. The smallest absolute Gasteiger partial charge is 0.191 e. The third-order valence-corrected chi connectivity index (χ3v) is 5.57. The van der Waals surface area contributed by atoms with Crippen molar-refractivity contribution in [2.45, 2.75) is 25.6 Å². The van der Waals surface area contributed by atoms with Crippen molar-refractivity contribution < 1.29 is 0 Å². The summed E-state index contributed by atoms with van der Waals surface area (Å²) in [7, 11) is 6.02. The minimum atomic E-state index is 0.387. The summed E-state index contributed by atoms with van der Waals surface area (Å²) in [5, 5.41) is 7.03. The van der Waals surface area contributed by atoms with E-state index in [4.69, 9.17) is 0 Å². The molecule has 0 amide bonds. The van der Waals surface area contributed by atoms with Gasteiger partial charge in [-0.25, -0.2) is 0 Å². The van der Waals surface area contributed by atoms with E-state index in [2.05, 4.69) is 104 Å². The Labute approximate surface area is 177 Å². The Morgan fingerprint density at radius 3 is 2.71 bits per heavy atom. The Morgan fingerprint density at radius 2 is 1.96 bits per heavy atom. The van der Waals surface area contributed by atoms with Crippen molar-refractivity contribution >= 4 is 27.6 Å². The first kappa shape index (κ1) is 20.7. The van der Waals surface area contributed by atoms with Crippen molar-refractivity contribution in [3.8, 4) is 0 Å². The van der Waals surface area contributed by atoms with Gasteiger partial charge in [-0.15, -0.1) is 0 Å². The molecule has 0 bridgehead atoms. The average molecular weight is 444 g/mol. The van der Waals surface area contributed by atoms with E-state index in [0.717, 1.165) is 43.0 Å². The lowest BCUT2D eigenvalue weighted by Gasteiger charge is -2.21. The van der Waals surface area contributed by atoms with Crippen LogP contribution in [-0.4, -0.2) is 51.1 Å². The molecule has 0 aliphatic carbocycles. The van der Waals surface area contributed by atoms with Gasteiger partial charge in [0.15, 0.2) is 5.96 Å². The van der Waals surface area contributed by atoms with Crippen molar-refractivity contribution in [1.82, 2.24) is 15.5 Å². The van der Waals surface area contributed by atoms with Crippen LogP contribution in [0.4, 0.5) is 5.69 Å². The highest BCUT2D eigenvalue weighted by Gasteiger charge is 2.24. The predicted octanol–water partition coefficient (Wildman–Crippen LogP) is 3.45. The van der Waals surface area contributed by atoms with Crippen LogP contribution in [0.2, 0.25) is 0 Å². The zero-order valence-corrected chi connectivity index (χ0v) is 18.5. The molecule has 1 aliphatic heterocycles. The van der Waals surface area contributed by atoms with Crippen molar-refractivity contribution in [1.29, 1.82) is 0 Å². The Balaban J connectivity index is 1.52. The molecule has 6 heteroatoms. The molecule has 0 saturated carbocycles. The summed E-state index contributed by atoms with van der Waals surface area (Å²) < 4.78 is 1.15. The lowest BCUT2D eigenvalue weighted by molar-refractivity contribution is 0.402. The summed E-state index contributed by atoms with van der Waals surface area (Å²) in [6.07, 6.45) is 1.10. The van der Waals surface area contributed by atoms with Crippen LogP contribution in [0.25, 0.3) is 0 Å². The number of halogens is 1. The van der Waals surface area contributed by atoms with Crippen LogP contribution in [0, 0.1) is 0 Å². The van der Waals surface area contributed by atoms with Gasteiger partial charge in [0.25, 0.3) is 0 Å². The van der Waals surface area contributed by atoms with E-state index >= 15 is 0 Å². The second kappa shape index (κ2) is 9.94. The number of aliphatic imine (C=N–C) groups is 1. The number of hydrogen-bond donors (Lipinski definition) is 2. The first-order valence-corrected chi connectivity index (χ1v) is 10.5. The Kier molecular flexibility index (Phi) is 7.34. The molecule has 0 radical (unpaired) electrons. The van der Waals surface area contributed by atoms with Crippen LogP contribution in [0.15, 0.2) is 58.0 Å². The van der Waals surface area contributed by atoms with Crippen molar-refractivity contribution in [2.75, 3.05) is 39.1 Å².